The van der Waals surface area contributed by atoms with Gasteiger partial charge in [-0.3, -0.25) is 10.1 Å². The number of nitro benzene ring substituents is 1. The monoisotopic (exact) mass is 554 g/mol. The van der Waals surface area contributed by atoms with Crippen LogP contribution in [0.25, 0.3) is 0 Å². The van der Waals surface area contributed by atoms with Crippen LogP contribution in [0.2, 0.25) is 0 Å². The molecule has 9 heteroatoms. The zero-order chi connectivity index (χ0) is 22.1. The fourth-order valence-corrected chi connectivity index (χ4v) is 3.47. The third-order valence-corrected chi connectivity index (χ3v) is 5.27. The molecule has 2 N–H and O–H groups in total. The Balaban J connectivity index is 0.00000363. The summed E-state index contributed by atoms with van der Waals surface area (Å²) in [5.41, 5.74) is 3.34. The molecule has 1 atom stereocenters. The maximum atomic E-state index is 10.8. The molecule has 8 nitrogen and oxygen atoms in total. The van der Waals surface area contributed by atoms with Crippen LogP contribution in [-0.4, -0.2) is 44.3 Å². The highest BCUT2D eigenvalue weighted by Crippen LogP contribution is 2.20. The largest absolute Gasteiger partial charge is 0.496 e. The fraction of sp³-hybridized carbons (Fsp3) is 0.435. The Labute approximate surface area is 206 Å². The van der Waals surface area contributed by atoms with Crippen molar-refractivity contribution in [2.45, 2.75) is 26.3 Å². The van der Waals surface area contributed by atoms with Crippen molar-refractivity contribution >= 4 is 35.6 Å². The summed E-state index contributed by atoms with van der Waals surface area (Å²) in [6, 6.07) is 12.7. The van der Waals surface area contributed by atoms with Crippen molar-refractivity contribution in [1.29, 1.82) is 0 Å². The smallest absolute Gasteiger partial charge is 0.269 e. The van der Waals surface area contributed by atoms with E-state index in [1.54, 1.807) is 19.2 Å². The Morgan fingerprint density at radius 1 is 1.25 bits per heavy atom. The number of benzene rings is 2. The summed E-state index contributed by atoms with van der Waals surface area (Å²) in [6.07, 6.45) is 1.85. The molecule has 32 heavy (non-hydrogen) atoms. The second kappa shape index (κ2) is 13.2. The summed E-state index contributed by atoms with van der Waals surface area (Å²) in [7, 11) is 1.68. The van der Waals surface area contributed by atoms with Gasteiger partial charge in [-0.2, -0.15) is 0 Å². The minimum atomic E-state index is -0.398. The lowest BCUT2D eigenvalue weighted by Gasteiger charge is -2.16. The van der Waals surface area contributed by atoms with Gasteiger partial charge in [-0.25, -0.2) is 4.99 Å². The molecular weight excluding hydrogens is 523 g/mol. The molecule has 1 unspecified atom stereocenters. The van der Waals surface area contributed by atoms with E-state index < -0.39 is 4.92 Å². The number of aliphatic imine (C=N–C) groups is 1. The summed E-state index contributed by atoms with van der Waals surface area (Å²) < 4.78 is 10.9. The molecule has 1 fully saturated rings. The van der Waals surface area contributed by atoms with E-state index in [0.29, 0.717) is 19.0 Å². The van der Waals surface area contributed by atoms with Gasteiger partial charge < -0.3 is 20.1 Å². The van der Waals surface area contributed by atoms with Crippen molar-refractivity contribution in [2.24, 2.45) is 10.9 Å². The standard InChI is InChI=1S/C23H30N4O4.HI/c1-17-3-8-22(30-2)20(13-17)9-11-24-23(26-15-19-10-12-31-16-19)25-14-18-4-6-21(7-5-18)27(28)29;/h3-8,13,19H,9-12,14-16H2,1-2H3,(H2,24,25,26);1H. The molecule has 0 aromatic heterocycles. The molecule has 2 aromatic rings. The number of hydrogen-bond donors (Lipinski definition) is 2. The number of nitrogens with zero attached hydrogens (tertiary/aromatic N) is 2. The highest BCUT2D eigenvalue weighted by atomic mass is 127. The van der Waals surface area contributed by atoms with Crippen LogP contribution in [0.4, 0.5) is 5.69 Å². The summed E-state index contributed by atoms with van der Waals surface area (Å²) in [5.74, 6) is 2.08. The Morgan fingerprint density at radius 3 is 2.69 bits per heavy atom. The predicted octanol–water partition coefficient (Wildman–Crippen LogP) is 3.84. The highest BCUT2D eigenvalue weighted by Gasteiger charge is 2.16. The number of halogens is 1. The van der Waals surface area contributed by atoms with Gasteiger partial charge in [-0.1, -0.05) is 29.8 Å². The van der Waals surface area contributed by atoms with E-state index >= 15 is 0 Å². The van der Waals surface area contributed by atoms with Gasteiger partial charge in [0.1, 0.15) is 5.75 Å². The Morgan fingerprint density at radius 2 is 2.03 bits per heavy atom. The molecule has 2 aromatic carbocycles. The molecule has 1 aliphatic rings. The summed E-state index contributed by atoms with van der Waals surface area (Å²) >= 11 is 0. The van der Waals surface area contributed by atoms with E-state index in [1.165, 1.54) is 17.7 Å². The second-order valence-corrected chi connectivity index (χ2v) is 7.69. The molecular formula is C23H31IN4O4. The number of ether oxygens (including phenoxy) is 2. The molecule has 174 valence electrons. The first-order valence-electron chi connectivity index (χ1n) is 10.5. The lowest BCUT2D eigenvalue weighted by atomic mass is 10.1. The van der Waals surface area contributed by atoms with Crippen LogP contribution < -0.4 is 15.4 Å². The number of rotatable bonds is 9. The Hall–Kier alpha value is -2.40. The zero-order valence-corrected chi connectivity index (χ0v) is 20.8. The van der Waals surface area contributed by atoms with Crippen molar-refractivity contribution in [3.8, 4) is 5.75 Å². The van der Waals surface area contributed by atoms with Gasteiger partial charge >= 0.3 is 0 Å². The average Bonchev–Trinajstić information content (AvgIpc) is 3.29. The van der Waals surface area contributed by atoms with Gasteiger partial charge in [0.25, 0.3) is 5.69 Å². The molecule has 1 saturated heterocycles. The lowest BCUT2D eigenvalue weighted by molar-refractivity contribution is -0.384. The number of non-ortho nitro benzene ring substituents is 1. The van der Waals surface area contributed by atoms with E-state index in [-0.39, 0.29) is 29.7 Å². The number of aryl methyl sites for hydroxylation is 1. The first-order chi connectivity index (χ1) is 15.0. The van der Waals surface area contributed by atoms with Crippen LogP contribution in [-0.2, 0) is 17.7 Å². The van der Waals surface area contributed by atoms with Gasteiger partial charge in [0.2, 0.25) is 0 Å². The molecule has 0 radical (unpaired) electrons. The van der Waals surface area contributed by atoms with Crippen LogP contribution in [0.15, 0.2) is 47.5 Å². The van der Waals surface area contributed by atoms with E-state index in [0.717, 1.165) is 55.4 Å². The molecule has 3 rings (SSSR count). The molecule has 1 aliphatic heterocycles. The van der Waals surface area contributed by atoms with Crippen LogP contribution in [0, 0.1) is 23.0 Å². The number of hydrogen-bond acceptors (Lipinski definition) is 5. The van der Waals surface area contributed by atoms with Crippen molar-refractivity contribution in [2.75, 3.05) is 33.4 Å². The van der Waals surface area contributed by atoms with E-state index in [4.69, 9.17) is 9.47 Å². The van der Waals surface area contributed by atoms with Gasteiger partial charge in [-0.05, 0) is 37.0 Å². The van der Waals surface area contributed by atoms with Crippen LogP contribution in [0.5, 0.6) is 5.75 Å². The molecule has 0 aliphatic carbocycles. The summed E-state index contributed by atoms with van der Waals surface area (Å²) in [6.45, 7) is 5.57. The topological polar surface area (TPSA) is 98.0 Å². The lowest BCUT2D eigenvalue weighted by Crippen LogP contribution is -2.41. The van der Waals surface area contributed by atoms with Gasteiger partial charge in [-0.15, -0.1) is 24.0 Å². The van der Waals surface area contributed by atoms with E-state index in [1.807, 2.05) is 12.1 Å². The second-order valence-electron chi connectivity index (χ2n) is 7.69. The van der Waals surface area contributed by atoms with Gasteiger partial charge in [0.15, 0.2) is 5.96 Å². The van der Waals surface area contributed by atoms with Crippen LogP contribution in [0.1, 0.15) is 23.1 Å². The van der Waals surface area contributed by atoms with Crippen molar-refractivity contribution in [3.63, 3.8) is 0 Å². The maximum Gasteiger partial charge on any atom is 0.269 e. The van der Waals surface area contributed by atoms with Gasteiger partial charge in [0, 0.05) is 37.7 Å². The quantitative estimate of drug-likeness (QED) is 0.161. The maximum absolute atomic E-state index is 10.8. The van der Waals surface area contributed by atoms with Crippen molar-refractivity contribution in [3.05, 3.63) is 69.3 Å². The minimum absolute atomic E-state index is 0. The zero-order valence-electron chi connectivity index (χ0n) is 18.5. The number of nitrogens with one attached hydrogen (secondary N) is 2. The fourth-order valence-electron chi connectivity index (χ4n) is 3.47. The third kappa shape index (κ3) is 7.94. The Bertz CT molecular complexity index is 899. The molecule has 0 saturated carbocycles. The molecule has 0 bridgehead atoms. The normalized spacial score (nSPS) is 15.7. The number of guanidine groups is 1. The van der Waals surface area contributed by atoms with E-state index in [9.17, 15) is 10.1 Å². The first kappa shape index (κ1) is 25.9. The van der Waals surface area contributed by atoms with Gasteiger partial charge in [0.05, 0.1) is 25.2 Å². The SMILES string of the molecule is COc1ccc(C)cc1CCNC(=NCc1ccc([N+](=O)[O-])cc1)NCC1CCOC1.I. The summed E-state index contributed by atoms with van der Waals surface area (Å²) in [5, 5.41) is 17.6. The predicted molar refractivity (Wildman–Crippen MR) is 136 cm³/mol. The van der Waals surface area contributed by atoms with Crippen molar-refractivity contribution in [1.82, 2.24) is 10.6 Å². The first-order valence-corrected chi connectivity index (χ1v) is 10.5. The number of nitro groups is 1. The van der Waals surface area contributed by atoms with Crippen molar-refractivity contribution < 1.29 is 14.4 Å². The number of methoxy groups -OCH3 is 1. The van der Waals surface area contributed by atoms with Crippen LogP contribution >= 0.6 is 24.0 Å². The summed E-state index contributed by atoms with van der Waals surface area (Å²) in [4.78, 5) is 15.1. The minimum Gasteiger partial charge on any atom is -0.496 e. The average molecular weight is 554 g/mol. The molecule has 0 spiro atoms. The third-order valence-electron chi connectivity index (χ3n) is 5.27. The molecule has 0 amide bonds. The van der Waals surface area contributed by atoms with Crippen LogP contribution in [0.3, 0.4) is 0 Å². The Kier molecular flexibility index (Phi) is 10.7. The highest BCUT2D eigenvalue weighted by molar-refractivity contribution is 14.0. The molecule has 1 heterocycles. The van der Waals surface area contributed by atoms with E-state index in [2.05, 4.69) is 28.6 Å².